The molecule has 11 aromatic rings. The molecular formula is C51H34N2O. The summed E-state index contributed by atoms with van der Waals surface area (Å²) in [6.07, 6.45) is 0. The van der Waals surface area contributed by atoms with Crippen LogP contribution in [0.2, 0.25) is 0 Å². The first-order chi connectivity index (χ1) is 26.5. The number of furan rings is 1. The monoisotopic (exact) mass is 690 g/mol. The van der Waals surface area contributed by atoms with Gasteiger partial charge in [0, 0.05) is 49.1 Å². The summed E-state index contributed by atoms with van der Waals surface area (Å²) in [6.45, 7) is 4.73. The smallest absolute Gasteiger partial charge is 0.136 e. The molecule has 0 atom stereocenters. The van der Waals surface area contributed by atoms with Gasteiger partial charge in [0.1, 0.15) is 11.2 Å². The van der Waals surface area contributed by atoms with Crippen molar-refractivity contribution in [1.82, 2.24) is 9.13 Å². The highest BCUT2D eigenvalue weighted by Crippen LogP contribution is 2.51. The second-order valence-electron chi connectivity index (χ2n) is 15.4. The Labute approximate surface area is 311 Å². The molecule has 54 heavy (non-hydrogen) atoms. The van der Waals surface area contributed by atoms with E-state index in [-0.39, 0.29) is 5.41 Å². The van der Waals surface area contributed by atoms with Crippen molar-refractivity contribution in [3.63, 3.8) is 0 Å². The molecule has 12 rings (SSSR count). The Morgan fingerprint density at radius 3 is 1.80 bits per heavy atom. The lowest BCUT2D eigenvalue weighted by molar-refractivity contribution is 0.661. The highest BCUT2D eigenvalue weighted by molar-refractivity contribution is 6.18. The number of fused-ring (bicyclic) bond motifs is 12. The lowest BCUT2D eigenvalue weighted by Crippen LogP contribution is -2.14. The van der Waals surface area contributed by atoms with Crippen LogP contribution in [0.3, 0.4) is 0 Å². The van der Waals surface area contributed by atoms with E-state index >= 15 is 0 Å². The highest BCUT2D eigenvalue weighted by atomic mass is 16.3. The second kappa shape index (κ2) is 10.6. The van der Waals surface area contributed by atoms with Crippen molar-refractivity contribution >= 4 is 65.6 Å². The molecular weight excluding hydrogens is 657 g/mol. The van der Waals surface area contributed by atoms with Gasteiger partial charge in [-0.3, -0.25) is 0 Å². The molecule has 0 saturated heterocycles. The van der Waals surface area contributed by atoms with Gasteiger partial charge >= 0.3 is 0 Å². The van der Waals surface area contributed by atoms with Crippen molar-refractivity contribution in [2.24, 2.45) is 0 Å². The Kier molecular flexibility index (Phi) is 5.84. The van der Waals surface area contributed by atoms with Gasteiger partial charge in [0.15, 0.2) is 0 Å². The molecule has 0 unspecified atom stereocenters. The molecule has 0 spiro atoms. The van der Waals surface area contributed by atoms with Crippen molar-refractivity contribution < 1.29 is 4.42 Å². The second-order valence-corrected chi connectivity index (χ2v) is 15.4. The fourth-order valence-electron chi connectivity index (χ4n) is 9.52. The Morgan fingerprint density at radius 1 is 0.370 bits per heavy atom. The molecule has 254 valence electrons. The molecule has 0 bridgehead atoms. The Bertz CT molecular complexity index is 3340. The molecule has 0 amide bonds. The van der Waals surface area contributed by atoms with Crippen molar-refractivity contribution in [2.75, 3.05) is 0 Å². The Balaban J connectivity index is 1.12. The molecule has 0 radical (unpaired) electrons. The number of hydrogen-bond donors (Lipinski definition) is 0. The average molecular weight is 691 g/mol. The summed E-state index contributed by atoms with van der Waals surface area (Å²) in [6, 6.07) is 62.2. The summed E-state index contributed by atoms with van der Waals surface area (Å²) in [5.74, 6) is 0. The van der Waals surface area contributed by atoms with E-state index in [1.165, 1.54) is 82.7 Å². The lowest BCUT2D eigenvalue weighted by atomic mass is 9.82. The molecule has 1 aliphatic rings. The molecule has 0 fully saturated rings. The molecule has 0 aliphatic heterocycles. The van der Waals surface area contributed by atoms with Crippen LogP contribution in [0.25, 0.3) is 99.2 Å². The quantitative estimate of drug-likeness (QED) is 0.181. The van der Waals surface area contributed by atoms with Crippen LogP contribution < -0.4 is 0 Å². The molecule has 3 heteroatoms. The van der Waals surface area contributed by atoms with Gasteiger partial charge in [0.25, 0.3) is 0 Å². The summed E-state index contributed by atoms with van der Waals surface area (Å²) >= 11 is 0. The first-order valence-electron chi connectivity index (χ1n) is 18.8. The van der Waals surface area contributed by atoms with Gasteiger partial charge in [-0.2, -0.15) is 0 Å². The minimum absolute atomic E-state index is 0.0778. The minimum atomic E-state index is -0.0778. The number of hydrogen-bond acceptors (Lipinski definition) is 1. The van der Waals surface area contributed by atoms with Gasteiger partial charge in [0.2, 0.25) is 0 Å². The topological polar surface area (TPSA) is 23.0 Å². The predicted molar refractivity (Wildman–Crippen MR) is 225 cm³/mol. The van der Waals surface area contributed by atoms with Gasteiger partial charge in [-0.25, -0.2) is 0 Å². The van der Waals surface area contributed by atoms with Crippen LogP contribution in [-0.4, -0.2) is 9.13 Å². The normalized spacial score (nSPS) is 13.5. The predicted octanol–water partition coefficient (Wildman–Crippen LogP) is 13.8. The number of aromatic nitrogens is 2. The highest BCUT2D eigenvalue weighted by Gasteiger charge is 2.36. The van der Waals surface area contributed by atoms with Crippen LogP contribution in [0.5, 0.6) is 0 Å². The summed E-state index contributed by atoms with van der Waals surface area (Å²) < 4.78 is 11.2. The van der Waals surface area contributed by atoms with E-state index in [1.807, 2.05) is 6.07 Å². The van der Waals surface area contributed by atoms with Crippen LogP contribution in [0.1, 0.15) is 25.0 Å². The molecule has 3 heterocycles. The SMILES string of the molecule is CC1(C)c2ccccc2-c2cc3c4cc(-c5ccc6c7cc8oc9ccccc9c8cc7n(-c7ccccc7)c6c5)ccc4n(-c4ccccc4)c3cc21. The van der Waals surface area contributed by atoms with Gasteiger partial charge in [-0.05, 0) is 106 Å². The third-order valence-corrected chi connectivity index (χ3v) is 12.1. The number of nitrogens with zero attached hydrogens (tertiary/aromatic N) is 2. The minimum Gasteiger partial charge on any atom is -0.456 e. The lowest BCUT2D eigenvalue weighted by Gasteiger charge is -2.21. The van der Waals surface area contributed by atoms with E-state index in [4.69, 9.17) is 4.42 Å². The van der Waals surface area contributed by atoms with Crippen molar-refractivity contribution in [3.8, 4) is 33.6 Å². The largest absolute Gasteiger partial charge is 0.456 e. The number of para-hydroxylation sites is 3. The first-order valence-corrected chi connectivity index (χ1v) is 18.8. The van der Waals surface area contributed by atoms with Crippen LogP contribution in [0.4, 0.5) is 0 Å². The van der Waals surface area contributed by atoms with E-state index in [2.05, 4.69) is 187 Å². The maximum Gasteiger partial charge on any atom is 0.136 e. The van der Waals surface area contributed by atoms with Crippen LogP contribution in [0.15, 0.2) is 174 Å². The summed E-state index contributed by atoms with van der Waals surface area (Å²) in [7, 11) is 0. The first kappa shape index (κ1) is 29.7. The van der Waals surface area contributed by atoms with E-state index in [0.717, 1.165) is 27.6 Å². The molecule has 3 aromatic heterocycles. The van der Waals surface area contributed by atoms with Gasteiger partial charge in [-0.1, -0.05) is 111 Å². The molecule has 3 nitrogen and oxygen atoms in total. The molecule has 0 saturated carbocycles. The molecule has 8 aromatic carbocycles. The van der Waals surface area contributed by atoms with Crippen LogP contribution in [0, 0.1) is 0 Å². The maximum absolute atomic E-state index is 6.37. The zero-order valence-electron chi connectivity index (χ0n) is 30.0. The third-order valence-electron chi connectivity index (χ3n) is 12.1. The van der Waals surface area contributed by atoms with Crippen LogP contribution >= 0.6 is 0 Å². The van der Waals surface area contributed by atoms with Crippen LogP contribution in [-0.2, 0) is 5.41 Å². The standard InChI is InChI=1S/C51H34N2O/c1-51(2)43-19-11-9-17-35(43)38-27-40-39-25-31(22-24-45(39)52(48(40)30-44(38)51)33-13-5-3-6-14-33)32-21-23-36-41-29-50-42(37-18-10-12-20-49(37)54-50)28-47(41)53(46(36)26-32)34-15-7-4-8-16-34/h3-30H,1-2H3. The molecule has 0 N–H and O–H groups in total. The Hall–Kier alpha value is -6.84. The zero-order chi connectivity index (χ0) is 35.7. The fourth-order valence-corrected chi connectivity index (χ4v) is 9.52. The zero-order valence-corrected chi connectivity index (χ0v) is 30.0. The summed E-state index contributed by atoms with van der Waals surface area (Å²) in [4.78, 5) is 0. The van der Waals surface area contributed by atoms with Crippen molar-refractivity contribution in [3.05, 3.63) is 181 Å². The van der Waals surface area contributed by atoms with Gasteiger partial charge in [-0.15, -0.1) is 0 Å². The molecule has 1 aliphatic carbocycles. The number of rotatable bonds is 3. The van der Waals surface area contributed by atoms with E-state index < -0.39 is 0 Å². The van der Waals surface area contributed by atoms with Gasteiger partial charge in [0.05, 0.1) is 22.1 Å². The number of benzene rings is 8. The van der Waals surface area contributed by atoms with E-state index in [1.54, 1.807) is 0 Å². The maximum atomic E-state index is 6.37. The van der Waals surface area contributed by atoms with Crippen molar-refractivity contribution in [2.45, 2.75) is 19.3 Å². The Morgan fingerprint density at radius 2 is 0.981 bits per heavy atom. The average Bonchev–Trinajstić information content (AvgIpc) is 3.91. The van der Waals surface area contributed by atoms with Crippen molar-refractivity contribution in [1.29, 1.82) is 0 Å². The van der Waals surface area contributed by atoms with E-state index in [0.29, 0.717) is 0 Å². The summed E-state index contributed by atoms with van der Waals surface area (Å²) in [5, 5.41) is 7.20. The third kappa shape index (κ3) is 3.96. The van der Waals surface area contributed by atoms with E-state index in [9.17, 15) is 0 Å². The van der Waals surface area contributed by atoms with Gasteiger partial charge < -0.3 is 13.6 Å². The summed E-state index contributed by atoms with van der Waals surface area (Å²) in [5.41, 5.74) is 16.7. The fraction of sp³-hybridized carbons (Fsp3) is 0.0588.